The Hall–Kier alpha value is -2.39. The van der Waals surface area contributed by atoms with Crippen LogP contribution in [0.5, 0.6) is 0 Å². The lowest BCUT2D eigenvalue weighted by Crippen LogP contribution is -2.10. The van der Waals surface area contributed by atoms with Gasteiger partial charge >= 0.3 is 5.97 Å². The lowest BCUT2D eigenvalue weighted by molar-refractivity contribution is 0.0605. The predicted octanol–water partition coefficient (Wildman–Crippen LogP) is 2.88. The molecule has 2 aromatic rings. The van der Waals surface area contributed by atoms with E-state index in [1.807, 2.05) is 25.2 Å². The fraction of sp³-hybridized carbons (Fsp3) is 0.214. The van der Waals surface area contributed by atoms with Crippen molar-refractivity contribution >= 4 is 28.1 Å². The Bertz CT molecular complexity index is 688. The third-order valence-corrected chi connectivity index (χ3v) is 4.04. The van der Waals surface area contributed by atoms with E-state index in [1.165, 1.54) is 18.4 Å². The summed E-state index contributed by atoms with van der Waals surface area (Å²) in [6.07, 6.45) is 0. The van der Waals surface area contributed by atoms with Gasteiger partial charge in [0, 0.05) is 7.05 Å². The van der Waals surface area contributed by atoms with Gasteiger partial charge in [-0.1, -0.05) is 23.5 Å². The topological polar surface area (TPSA) is 66.2 Å². The number of methoxy groups -OCH3 is 1. The van der Waals surface area contributed by atoms with E-state index in [0.717, 1.165) is 5.69 Å². The summed E-state index contributed by atoms with van der Waals surface area (Å²) in [6, 6.07) is 9.39. The van der Waals surface area contributed by atoms with Gasteiger partial charge in [0.25, 0.3) is 0 Å². The number of hydrogen-bond acceptors (Lipinski definition) is 6. The molecule has 0 aliphatic heterocycles. The maximum absolute atomic E-state index is 11.6. The maximum Gasteiger partial charge on any atom is 0.350 e. The van der Waals surface area contributed by atoms with Crippen LogP contribution in [-0.2, 0) is 4.74 Å². The van der Waals surface area contributed by atoms with Gasteiger partial charge < -0.3 is 9.64 Å². The monoisotopic (exact) mass is 287 g/mol. The fourth-order valence-electron chi connectivity index (χ4n) is 1.77. The van der Waals surface area contributed by atoms with E-state index in [1.54, 1.807) is 17.9 Å². The van der Waals surface area contributed by atoms with E-state index in [0.29, 0.717) is 21.3 Å². The number of rotatable bonds is 3. The molecule has 1 aromatic carbocycles. The van der Waals surface area contributed by atoms with Crippen molar-refractivity contribution < 1.29 is 9.53 Å². The van der Waals surface area contributed by atoms with Gasteiger partial charge in [-0.25, -0.2) is 9.78 Å². The number of aryl methyl sites for hydroxylation is 1. The third-order valence-electron chi connectivity index (χ3n) is 2.83. The molecule has 5 nitrogen and oxygen atoms in total. The summed E-state index contributed by atoms with van der Waals surface area (Å²) in [5, 5.41) is 9.78. The van der Waals surface area contributed by atoms with Crippen LogP contribution in [0.4, 0.5) is 10.8 Å². The van der Waals surface area contributed by atoms with Crippen molar-refractivity contribution in [1.82, 2.24) is 4.98 Å². The highest BCUT2D eigenvalue weighted by molar-refractivity contribution is 7.17. The normalized spacial score (nSPS) is 9.90. The minimum absolute atomic E-state index is 0.395. The van der Waals surface area contributed by atoms with Crippen LogP contribution in [-0.4, -0.2) is 25.1 Å². The van der Waals surface area contributed by atoms with Crippen LogP contribution in [0.1, 0.15) is 20.9 Å². The molecule has 102 valence electrons. The second-order valence-electron chi connectivity index (χ2n) is 4.09. The Morgan fingerprint density at radius 1 is 1.45 bits per heavy atom. The first-order valence-electron chi connectivity index (χ1n) is 5.87. The largest absolute Gasteiger partial charge is 0.465 e. The molecule has 0 unspecified atom stereocenters. The zero-order valence-electron chi connectivity index (χ0n) is 11.4. The van der Waals surface area contributed by atoms with E-state index in [-0.39, 0.29) is 0 Å². The second kappa shape index (κ2) is 5.72. The highest BCUT2D eigenvalue weighted by Gasteiger charge is 2.19. The molecular weight excluding hydrogens is 274 g/mol. The van der Waals surface area contributed by atoms with Crippen LogP contribution in [0.25, 0.3) is 0 Å². The minimum Gasteiger partial charge on any atom is -0.465 e. The van der Waals surface area contributed by atoms with Crippen molar-refractivity contribution in [2.75, 3.05) is 19.1 Å². The summed E-state index contributed by atoms with van der Waals surface area (Å²) < 4.78 is 4.72. The van der Waals surface area contributed by atoms with Crippen molar-refractivity contribution in [1.29, 1.82) is 5.26 Å². The number of carbonyl (C=O) groups excluding carboxylic acids is 1. The van der Waals surface area contributed by atoms with Crippen LogP contribution >= 0.6 is 11.3 Å². The van der Waals surface area contributed by atoms with E-state index >= 15 is 0 Å². The van der Waals surface area contributed by atoms with Gasteiger partial charge in [-0.05, 0) is 19.1 Å². The van der Waals surface area contributed by atoms with Gasteiger partial charge in [0.1, 0.15) is 10.9 Å². The zero-order valence-corrected chi connectivity index (χ0v) is 12.2. The highest BCUT2D eigenvalue weighted by atomic mass is 32.1. The smallest absolute Gasteiger partial charge is 0.350 e. The molecule has 1 heterocycles. The molecule has 0 fully saturated rings. The summed E-state index contributed by atoms with van der Waals surface area (Å²) in [5.41, 5.74) is 1.93. The summed E-state index contributed by atoms with van der Waals surface area (Å²) in [4.78, 5) is 18.2. The van der Waals surface area contributed by atoms with Crippen LogP contribution < -0.4 is 4.90 Å². The Morgan fingerprint density at radius 3 is 2.80 bits per heavy atom. The predicted molar refractivity (Wildman–Crippen MR) is 77.4 cm³/mol. The van der Waals surface area contributed by atoms with E-state index in [2.05, 4.69) is 11.1 Å². The Morgan fingerprint density at radius 2 is 2.15 bits per heavy atom. The summed E-state index contributed by atoms with van der Waals surface area (Å²) in [7, 11) is 3.16. The molecule has 20 heavy (non-hydrogen) atoms. The van der Waals surface area contributed by atoms with Crippen molar-refractivity contribution in [2.45, 2.75) is 6.92 Å². The maximum atomic E-state index is 11.6. The molecule has 0 saturated carbocycles. The van der Waals surface area contributed by atoms with E-state index < -0.39 is 5.97 Å². The molecule has 0 spiro atoms. The molecule has 0 saturated heterocycles. The van der Waals surface area contributed by atoms with Gasteiger partial charge in [-0.15, -0.1) is 0 Å². The molecule has 2 rings (SSSR count). The summed E-state index contributed by atoms with van der Waals surface area (Å²) in [6.45, 7) is 1.76. The van der Waals surface area contributed by atoms with Gasteiger partial charge in [0.05, 0.1) is 24.1 Å². The number of esters is 1. The molecule has 0 radical (unpaired) electrons. The molecule has 0 N–H and O–H groups in total. The Kier molecular flexibility index (Phi) is 4.01. The van der Waals surface area contributed by atoms with Crippen LogP contribution in [0.15, 0.2) is 24.3 Å². The van der Waals surface area contributed by atoms with Crippen LogP contribution in [0.2, 0.25) is 0 Å². The number of nitriles is 1. The van der Waals surface area contributed by atoms with Gasteiger partial charge in [-0.3, -0.25) is 0 Å². The average Bonchev–Trinajstić information content (AvgIpc) is 2.87. The molecule has 6 heteroatoms. The second-order valence-corrected chi connectivity index (χ2v) is 5.07. The number of para-hydroxylation sites is 1. The molecule has 0 aliphatic carbocycles. The van der Waals surface area contributed by atoms with E-state index in [9.17, 15) is 4.79 Å². The molecule has 0 amide bonds. The lowest BCUT2D eigenvalue weighted by Gasteiger charge is -2.16. The SMILES string of the molecule is COC(=O)c1sc(N(C)c2ccccc2C#N)nc1C. The van der Waals surface area contributed by atoms with Crippen molar-refractivity contribution in [3.05, 3.63) is 40.4 Å². The van der Waals surface area contributed by atoms with Gasteiger partial charge in [0.15, 0.2) is 5.13 Å². The Balaban J connectivity index is 2.42. The molecule has 1 aromatic heterocycles. The first-order chi connectivity index (χ1) is 9.58. The Labute approximate surface area is 121 Å². The quantitative estimate of drug-likeness (QED) is 0.812. The average molecular weight is 287 g/mol. The number of carbonyl (C=O) groups is 1. The molecule has 0 aliphatic rings. The van der Waals surface area contributed by atoms with Gasteiger partial charge in [-0.2, -0.15) is 5.26 Å². The van der Waals surface area contributed by atoms with Gasteiger partial charge in [0.2, 0.25) is 0 Å². The van der Waals surface area contributed by atoms with Crippen molar-refractivity contribution in [3.8, 4) is 6.07 Å². The lowest BCUT2D eigenvalue weighted by atomic mass is 10.2. The number of thiazole rings is 1. The minimum atomic E-state index is -0.395. The number of ether oxygens (including phenoxy) is 1. The highest BCUT2D eigenvalue weighted by Crippen LogP contribution is 2.32. The first kappa shape index (κ1) is 14.0. The number of anilines is 2. The van der Waals surface area contributed by atoms with E-state index in [4.69, 9.17) is 10.00 Å². The zero-order chi connectivity index (χ0) is 14.7. The number of aromatic nitrogens is 1. The third kappa shape index (κ3) is 2.49. The summed E-state index contributed by atoms with van der Waals surface area (Å²) in [5.74, 6) is -0.395. The molecule has 0 atom stereocenters. The number of nitrogens with zero attached hydrogens (tertiary/aromatic N) is 3. The number of benzene rings is 1. The fourth-order valence-corrected chi connectivity index (χ4v) is 2.73. The molecule has 0 bridgehead atoms. The summed E-state index contributed by atoms with van der Waals surface area (Å²) >= 11 is 1.25. The van der Waals surface area contributed by atoms with Crippen molar-refractivity contribution in [3.63, 3.8) is 0 Å². The molecular formula is C14H13N3O2S. The standard InChI is InChI=1S/C14H13N3O2S/c1-9-12(13(18)19-3)20-14(16-9)17(2)11-7-5-4-6-10(11)8-15/h4-7H,1-3H3. The van der Waals surface area contributed by atoms with Crippen molar-refractivity contribution in [2.24, 2.45) is 0 Å². The number of hydrogen-bond donors (Lipinski definition) is 0. The van der Waals surface area contributed by atoms with Crippen LogP contribution in [0.3, 0.4) is 0 Å². The van der Waals surface area contributed by atoms with Crippen LogP contribution in [0, 0.1) is 18.3 Å². The first-order valence-corrected chi connectivity index (χ1v) is 6.68.